The van der Waals surface area contributed by atoms with Gasteiger partial charge in [0.05, 0.1) is 6.04 Å². The minimum atomic E-state index is -1.16. The molecule has 1 aromatic heterocycles. The van der Waals surface area contributed by atoms with Gasteiger partial charge in [0.2, 0.25) is 0 Å². The fourth-order valence-electron chi connectivity index (χ4n) is 2.52. The topological polar surface area (TPSA) is 12.0 Å². The van der Waals surface area contributed by atoms with E-state index in [-0.39, 0.29) is 5.56 Å². The van der Waals surface area contributed by atoms with Gasteiger partial charge in [0.25, 0.3) is 0 Å². The molecule has 1 N–H and O–H groups in total. The molecule has 0 fully saturated rings. The lowest BCUT2D eigenvalue weighted by Crippen LogP contribution is -2.18. The molecular formula is C15H14F3NS2. The van der Waals surface area contributed by atoms with Crippen LogP contribution >= 0.6 is 23.1 Å². The van der Waals surface area contributed by atoms with Gasteiger partial charge in [-0.05, 0) is 36.9 Å². The van der Waals surface area contributed by atoms with E-state index in [0.717, 1.165) is 28.9 Å². The summed E-state index contributed by atoms with van der Waals surface area (Å²) in [5, 5.41) is 3.01. The van der Waals surface area contributed by atoms with Crippen molar-refractivity contribution in [2.45, 2.75) is 18.2 Å². The van der Waals surface area contributed by atoms with E-state index in [1.807, 2.05) is 17.8 Å². The third-order valence-corrected chi connectivity index (χ3v) is 5.88. The maximum atomic E-state index is 14.0. The van der Waals surface area contributed by atoms with Gasteiger partial charge in [0.15, 0.2) is 11.6 Å². The van der Waals surface area contributed by atoms with E-state index in [1.165, 1.54) is 10.4 Å². The zero-order chi connectivity index (χ0) is 15.0. The Balaban J connectivity index is 2.02. The largest absolute Gasteiger partial charge is 0.309 e. The maximum absolute atomic E-state index is 14.0. The van der Waals surface area contributed by atoms with Crippen molar-refractivity contribution >= 4 is 23.1 Å². The Morgan fingerprint density at radius 1 is 1.10 bits per heavy atom. The van der Waals surface area contributed by atoms with Crippen LogP contribution in [0.3, 0.4) is 0 Å². The summed E-state index contributed by atoms with van der Waals surface area (Å²) in [5.74, 6) is -0.857. The summed E-state index contributed by atoms with van der Waals surface area (Å²) in [6.07, 6.45) is 1.02. The van der Waals surface area contributed by atoms with E-state index in [0.29, 0.717) is 6.07 Å². The average Bonchev–Trinajstić information content (AvgIpc) is 2.88. The van der Waals surface area contributed by atoms with Gasteiger partial charge in [-0.2, -0.15) is 11.8 Å². The van der Waals surface area contributed by atoms with Gasteiger partial charge in [-0.25, -0.2) is 13.2 Å². The van der Waals surface area contributed by atoms with Crippen molar-refractivity contribution in [2.75, 3.05) is 12.8 Å². The molecule has 1 aliphatic rings. The summed E-state index contributed by atoms with van der Waals surface area (Å²) in [7, 11) is 1.69. The van der Waals surface area contributed by atoms with Gasteiger partial charge in [-0.15, -0.1) is 11.3 Å². The molecule has 1 aromatic carbocycles. The van der Waals surface area contributed by atoms with Crippen LogP contribution in [0.25, 0.3) is 0 Å². The van der Waals surface area contributed by atoms with Crippen LogP contribution in [0, 0.1) is 17.5 Å². The van der Waals surface area contributed by atoms with Crippen LogP contribution in [0.1, 0.15) is 26.9 Å². The SMILES string of the molecule is CNC(c1cc2c(s1)CCSC2)c1cc(F)c(F)cc1F. The van der Waals surface area contributed by atoms with Crippen LogP contribution < -0.4 is 5.32 Å². The first kappa shape index (κ1) is 14.9. The molecule has 0 amide bonds. The predicted octanol–water partition coefficient (Wildman–Crippen LogP) is 4.26. The molecule has 0 aliphatic carbocycles. The molecule has 21 heavy (non-hydrogen) atoms. The van der Waals surface area contributed by atoms with E-state index in [2.05, 4.69) is 5.32 Å². The van der Waals surface area contributed by atoms with Crippen LogP contribution in [0.15, 0.2) is 18.2 Å². The van der Waals surface area contributed by atoms with Crippen molar-refractivity contribution in [1.82, 2.24) is 5.32 Å². The molecule has 3 rings (SSSR count). The van der Waals surface area contributed by atoms with Crippen molar-refractivity contribution in [3.8, 4) is 0 Å². The molecule has 1 nitrogen and oxygen atoms in total. The Morgan fingerprint density at radius 3 is 2.57 bits per heavy atom. The summed E-state index contributed by atoms with van der Waals surface area (Å²) >= 11 is 3.50. The van der Waals surface area contributed by atoms with E-state index in [4.69, 9.17) is 0 Å². The molecule has 2 aromatic rings. The van der Waals surface area contributed by atoms with E-state index < -0.39 is 23.5 Å². The smallest absolute Gasteiger partial charge is 0.161 e. The number of nitrogens with one attached hydrogen (secondary N) is 1. The third-order valence-electron chi connectivity index (χ3n) is 3.57. The number of hydrogen-bond acceptors (Lipinski definition) is 3. The molecule has 0 spiro atoms. The second-order valence-corrected chi connectivity index (χ2v) is 7.18. The standard InChI is InChI=1S/C15H14F3NS2/c1-19-15(9-5-11(17)12(18)6-10(9)16)14-4-8-7-20-3-2-13(8)21-14/h4-6,15,19H,2-3,7H2,1H3. The number of halogens is 3. The minimum absolute atomic E-state index is 0.141. The summed E-state index contributed by atoms with van der Waals surface area (Å²) in [4.78, 5) is 2.25. The molecule has 6 heteroatoms. The number of fused-ring (bicyclic) bond motifs is 1. The first-order valence-electron chi connectivity index (χ1n) is 6.61. The normalized spacial score (nSPS) is 15.8. The van der Waals surface area contributed by atoms with Crippen LogP contribution in [0.2, 0.25) is 0 Å². The number of thiophene rings is 1. The summed E-state index contributed by atoms with van der Waals surface area (Å²) in [6, 6.07) is 3.15. The number of aryl methyl sites for hydroxylation is 1. The Morgan fingerprint density at radius 2 is 1.86 bits per heavy atom. The fraction of sp³-hybridized carbons (Fsp3) is 0.333. The number of hydrogen-bond donors (Lipinski definition) is 1. The second-order valence-electron chi connectivity index (χ2n) is 4.91. The van der Waals surface area contributed by atoms with E-state index >= 15 is 0 Å². The Kier molecular flexibility index (Phi) is 4.28. The van der Waals surface area contributed by atoms with Gasteiger partial charge >= 0.3 is 0 Å². The molecule has 0 saturated heterocycles. The highest BCUT2D eigenvalue weighted by Crippen LogP contribution is 2.37. The minimum Gasteiger partial charge on any atom is -0.309 e. The lowest BCUT2D eigenvalue weighted by atomic mass is 10.0. The number of thioether (sulfide) groups is 1. The summed E-state index contributed by atoms with van der Waals surface area (Å²) < 4.78 is 40.5. The quantitative estimate of drug-likeness (QED) is 0.844. The predicted molar refractivity (Wildman–Crippen MR) is 81.4 cm³/mol. The van der Waals surface area contributed by atoms with Gasteiger partial charge in [-0.1, -0.05) is 0 Å². The van der Waals surface area contributed by atoms with Crippen LogP contribution in [0.4, 0.5) is 13.2 Å². The van der Waals surface area contributed by atoms with Gasteiger partial charge < -0.3 is 5.32 Å². The molecule has 0 bridgehead atoms. The summed E-state index contributed by atoms with van der Waals surface area (Å²) in [5.41, 5.74) is 1.41. The fourth-order valence-corrected chi connectivity index (χ4v) is 5.03. The Labute approximate surface area is 129 Å². The zero-order valence-corrected chi connectivity index (χ0v) is 13.0. The van der Waals surface area contributed by atoms with Gasteiger partial charge in [-0.3, -0.25) is 0 Å². The Hall–Kier alpha value is -0.980. The van der Waals surface area contributed by atoms with Crippen molar-refractivity contribution in [3.63, 3.8) is 0 Å². The van der Waals surface area contributed by atoms with Crippen LogP contribution in [-0.2, 0) is 12.2 Å². The molecule has 2 heterocycles. The molecule has 1 atom stereocenters. The molecule has 0 radical (unpaired) electrons. The van der Waals surface area contributed by atoms with E-state index in [1.54, 1.807) is 18.4 Å². The van der Waals surface area contributed by atoms with Crippen LogP contribution in [0.5, 0.6) is 0 Å². The van der Waals surface area contributed by atoms with Crippen molar-refractivity contribution in [2.24, 2.45) is 0 Å². The number of benzene rings is 1. The second kappa shape index (κ2) is 6.02. The monoisotopic (exact) mass is 329 g/mol. The molecule has 112 valence electrons. The Bertz CT molecular complexity index is 646. The average molecular weight is 329 g/mol. The van der Waals surface area contributed by atoms with Crippen molar-refractivity contribution in [3.05, 3.63) is 56.5 Å². The number of rotatable bonds is 3. The van der Waals surface area contributed by atoms with Gasteiger partial charge in [0.1, 0.15) is 5.82 Å². The zero-order valence-electron chi connectivity index (χ0n) is 11.4. The summed E-state index contributed by atoms with van der Waals surface area (Å²) in [6.45, 7) is 0. The van der Waals surface area contributed by atoms with Crippen molar-refractivity contribution in [1.29, 1.82) is 0 Å². The van der Waals surface area contributed by atoms with E-state index in [9.17, 15) is 13.2 Å². The maximum Gasteiger partial charge on any atom is 0.161 e. The first-order chi connectivity index (χ1) is 10.1. The third kappa shape index (κ3) is 2.84. The lowest BCUT2D eigenvalue weighted by Gasteiger charge is -2.16. The molecule has 0 saturated carbocycles. The highest BCUT2D eigenvalue weighted by molar-refractivity contribution is 7.98. The van der Waals surface area contributed by atoms with Gasteiger partial charge in [0, 0.05) is 27.1 Å². The highest BCUT2D eigenvalue weighted by Gasteiger charge is 2.23. The first-order valence-corrected chi connectivity index (χ1v) is 8.58. The molecular weight excluding hydrogens is 315 g/mol. The molecule has 1 aliphatic heterocycles. The highest BCUT2D eigenvalue weighted by atomic mass is 32.2. The van der Waals surface area contributed by atoms with Crippen molar-refractivity contribution < 1.29 is 13.2 Å². The van der Waals surface area contributed by atoms with Crippen LogP contribution in [-0.4, -0.2) is 12.8 Å². The lowest BCUT2D eigenvalue weighted by molar-refractivity contribution is 0.484. The molecule has 1 unspecified atom stereocenters.